The van der Waals surface area contributed by atoms with Gasteiger partial charge in [0.1, 0.15) is 0 Å². The lowest BCUT2D eigenvalue weighted by Crippen LogP contribution is -2.18. The highest BCUT2D eigenvalue weighted by molar-refractivity contribution is 9.10. The summed E-state index contributed by atoms with van der Waals surface area (Å²) in [5.74, 6) is 0.421. The number of halogens is 1. The molecule has 0 saturated heterocycles. The van der Waals surface area contributed by atoms with Crippen LogP contribution in [0.1, 0.15) is 15.9 Å². The fourth-order valence-corrected chi connectivity index (χ4v) is 4.44. The number of pyridine rings is 1. The summed E-state index contributed by atoms with van der Waals surface area (Å²) in [4.78, 5) is 40.0. The van der Waals surface area contributed by atoms with Crippen LogP contribution >= 0.6 is 15.9 Å². The SMILES string of the molecule is COc1ccc(/C=C/C(=O)c2c(-c3ccccc3)c3cc([N+](=O)[O-])ccc3[nH]c2=O)c(Br)c1OC. The summed E-state index contributed by atoms with van der Waals surface area (Å²) in [5, 5.41) is 11.8. The third kappa shape index (κ3) is 4.58. The lowest BCUT2D eigenvalue weighted by molar-refractivity contribution is -0.384. The molecule has 0 saturated carbocycles. The number of non-ortho nitro benzene ring substituents is 1. The third-order valence-corrected chi connectivity index (χ3v) is 6.26. The molecule has 1 N–H and O–H groups in total. The molecule has 0 bridgehead atoms. The maximum atomic E-state index is 13.4. The second-order valence-corrected chi connectivity index (χ2v) is 8.25. The monoisotopic (exact) mass is 534 g/mol. The Morgan fingerprint density at radius 3 is 2.46 bits per heavy atom. The number of carbonyl (C=O) groups is 1. The predicted molar refractivity (Wildman–Crippen MR) is 137 cm³/mol. The number of hydrogen-bond donors (Lipinski definition) is 1. The third-order valence-electron chi connectivity index (χ3n) is 5.45. The average Bonchev–Trinajstić information content (AvgIpc) is 2.86. The Balaban J connectivity index is 1.91. The molecule has 0 fully saturated rings. The van der Waals surface area contributed by atoms with Crippen molar-refractivity contribution >= 4 is 44.4 Å². The number of carbonyl (C=O) groups excluding carboxylic acids is 1. The van der Waals surface area contributed by atoms with Gasteiger partial charge in [0.15, 0.2) is 17.3 Å². The Morgan fingerprint density at radius 2 is 1.80 bits per heavy atom. The van der Waals surface area contributed by atoms with E-state index in [-0.39, 0.29) is 11.3 Å². The summed E-state index contributed by atoms with van der Waals surface area (Å²) in [6.07, 6.45) is 2.84. The van der Waals surface area contributed by atoms with Crippen molar-refractivity contribution in [2.75, 3.05) is 14.2 Å². The highest BCUT2D eigenvalue weighted by Crippen LogP contribution is 2.38. The first-order valence-electron chi connectivity index (χ1n) is 10.4. The van der Waals surface area contributed by atoms with Crippen molar-refractivity contribution < 1.29 is 19.2 Å². The topological polar surface area (TPSA) is 112 Å². The van der Waals surface area contributed by atoms with Gasteiger partial charge in [-0.3, -0.25) is 19.7 Å². The zero-order chi connectivity index (χ0) is 25.1. The molecule has 0 aliphatic carbocycles. The number of ether oxygens (including phenoxy) is 2. The number of aromatic nitrogens is 1. The second-order valence-electron chi connectivity index (χ2n) is 7.46. The number of rotatable bonds is 7. The number of benzene rings is 3. The zero-order valence-electron chi connectivity index (χ0n) is 18.7. The fraction of sp³-hybridized carbons (Fsp3) is 0.0769. The molecular formula is C26H19BrN2O6. The Labute approximate surface area is 208 Å². The van der Waals surface area contributed by atoms with Crippen LogP contribution in [-0.2, 0) is 0 Å². The van der Waals surface area contributed by atoms with Crippen molar-refractivity contribution in [2.24, 2.45) is 0 Å². The number of allylic oxidation sites excluding steroid dienone is 1. The van der Waals surface area contributed by atoms with E-state index in [1.165, 1.54) is 38.5 Å². The van der Waals surface area contributed by atoms with E-state index in [0.29, 0.717) is 43.6 Å². The minimum atomic E-state index is -0.591. The number of nitrogens with one attached hydrogen (secondary N) is 1. The van der Waals surface area contributed by atoms with Crippen molar-refractivity contribution in [3.05, 3.63) is 103 Å². The van der Waals surface area contributed by atoms with E-state index in [9.17, 15) is 19.7 Å². The summed E-state index contributed by atoms with van der Waals surface area (Å²) in [5.41, 5.74) is 1.09. The van der Waals surface area contributed by atoms with E-state index in [1.807, 2.05) is 0 Å². The van der Waals surface area contributed by atoms with Gasteiger partial charge in [-0.25, -0.2) is 0 Å². The maximum absolute atomic E-state index is 13.4. The Hall–Kier alpha value is -4.24. The number of H-pyrrole nitrogens is 1. The van der Waals surface area contributed by atoms with Crippen LogP contribution in [0, 0.1) is 10.1 Å². The molecule has 3 aromatic carbocycles. The fourth-order valence-electron chi connectivity index (χ4n) is 3.82. The molecule has 8 nitrogen and oxygen atoms in total. The number of nitrogens with zero attached hydrogens (tertiary/aromatic N) is 1. The summed E-state index contributed by atoms with van der Waals surface area (Å²) >= 11 is 3.46. The number of fused-ring (bicyclic) bond motifs is 1. The van der Waals surface area contributed by atoms with Gasteiger partial charge in [0.2, 0.25) is 0 Å². The van der Waals surface area contributed by atoms with Gasteiger partial charge in [-0.2, -0.15) is 0 Å². The van der Waals surface area contributed by atoms with E-state index >= 15 is 0 Å². The molecule has 176 valence electrons. The summed E-state index contributed by atoms with van der Waals surface area (Å²) < 4.78 is 11.2. The van der Waals surface area contributed by atoms with Crippen molar-refractivity contribution in [3.63, 3.8) is 0 Å². The zero-order valence-corrected chi connectivity index (χ0v) is 20.3. The number of aromatic amines is 1. The smallest absolute Gasteiger partial charge is 0.270 e. The maximum Gasteiger partial charge on any atom is 0.270 e. The molecule has 0 aliphatic rings. The molecule has 9 heteroatoms. The Kier molecular flexibility index (Phi) is 6.79. The highest BCUT2D eigenvalue weighted by atomic mass is 79.9. The van der Waals surface area contributed by atoms with Crippen molar-refractivity contribution in [3.8, 4) is 22.6 Å². The van der Waals surface area contributed by atoms with Crippen LogP contribution in [0.3, 0.4) is 0 Å². The molecule has 0 amide bonds. The van der Waals surface area contributed by atoms with Crippen LogP contribution in [0.25, 0.3) is 28.1 Å². The number of hydrogen-bond acceptors (Lipinski definition) is 6. The molecule has 35 heavy (non-hydrogen) atoms. The normalized spacial score (nSPS) is 11.1. The van der Waals surface area contributed by atoms with E-state index in [4.69, 9.17) is 9.47 Å². The van der Waals surface area contributed by atoms with Crippen LogP contribution in [0.4, 0.5) is 5.69 Å². The quantitative estimate of drug-likeness (QED) is 0.139. The second kappa shape index (κ2) is 9.94. The predicted octanol–water partition coefficient (Wildman–Crippen LogP) is 5.78. The average molecular weight is 535 g/mol. The molecule has 1 heterocycles. The Bertz CT molecular complexity index is 1540. The van der Waals surface area contributed by atoms with Crippen molar-refractivity contribution in [2.45, 2.75) is 0 Å². The van der Waals surface area contributed by atoms with Crippen LogP contribution in [0.5, 0.6) is 11.5 Å². The summed E-state index contributed by atoms with van der Waals surface area (Å²) in [6, 6.07) is 16.4. The standard InChI is InChI=1S/C26H19BrN2O6/c1-34-21-13-9-16(24(27)25(21)35-2)8-12-20(30)23-22(15-6-4-3-5-7-15)18-14-17(29(32)33)10-11-19(18)28-26(23)31/h3-14H,1-2H3,(H,28,31)/b12-8+. The molecule has 1 aromatic heterocycles. The van der Waals surface area contributed by atoms with E-state index in [1.54, 1.807) is 48.5 Å². The molecule has 0 aliphatic heterocycles. The van der Waals surface area contributed by atoms with E-state index in [0.717, 1.165) is 0 Å². The van der Waals surface area contributed by atoms with Gasteiger partial charge < -0.3 is 14.5 Å². The first kappa shape index (κ1) is 23.9. The summed E-state index contributed by atoms with van der Waals surface area (Å²) in [6.45, 7) is 0. The van der Waals surface area contributed by atoms with Gasteiger partial charge in [-0.05, 0) is 57.4 Å². The van der Waals surface area contributed by atoms with Crippen molar-refractivity contribution in [1.82, 2.24) is 4.98 Å². The van der Waals surface area contributed by atoms with Crippen LogP contribution in [0.15, 0.2) is 76.0 Å². The lowest BCUT2D eigenvalue weighted by Gasteiger charge is -2.12. The van der Waals surface area contributed by atoms with Gasteiger partial charge in [0, 0.05) is 28.6 Å². The van der Waals surface area contributed by atoms with Gasteiger partial charge in [0.05, 0.1) is 29.2 Å². The molecule has 0 unspecified atom stereocenters. The summed E-state index contributed by atoms with van der Waals surface area (Å²) in [7, 11) is 3.02. The van der Waals surface area contributed by atoms with E-state index in [2.05, 4.69) is 20.9 Å². The number of methoxy groups -OCH3 is 2. The first-order valence-corrected chi connectivity index (χ1v) is 11.2. The number of nitro benzene ring substituents is 1. The van der Waals surface area contributed by atoms with Crippen molar-refractivity contribution in [1.29, 1.82) is 0 Å². The number of nitro groups is 1. The Morgan fingerprint density at radius 1 is 1.06 bits per heavy atom. The molecule has 0 atom stereocenters. The van der Waals surface area contributed by atoms with Crippen LogP contribution in [-0.4, -0.2) is 29.9 Å². The molecule has 0 spiro atoms. The molecule has 4 aromatic rings. The largest absolute Gasteiger partial charge is 0.493 e. The van der Waals surface area contributed by atoms with Gasteiger partial charge in [-0.1, -0.05) is 30.3 Å². The van der Waals surface area contributed by atoms with Crippen LogP contribution < -0.4 is 15.0 Å². The molecular weight excluding hydrogens is 516 g/mol. The minimum Gasteiger partial charge on any atom is -0.493 e. The van der Waals surface area contributed by atoms with Gasteiger partial charge in [0.25, 0.3) is 11.2 Å². The highest BCUT2D eigenvalue weighted by Gasteiger charge is 2.21. The lowest BCUT2D eigenvalue weighted by atomic mass is 9.93. The molecule has 4 rings (SSSR count). The number of ketones is 1. The van der Waals surface area contributed by atoms with E-state index < -0.39 is 16.3 Å². The van der Waals surface area contributed by atoms with Gasteiger partial charge in [-0.15, -0.1) is 0 Å². The van der Waals surface area contributed by atoms with Crippen LogP contribution in [0.2, 0.25) is 0 Å². The van der Waals surface area contributed by atoms with Gasteiger partial charge >= 0.3 is 0 Å². The molecule has 0 radical (unpaired) electrons. The minimum absolute atomic E-state index is 0.114. The first-order chi connectivity index (χ1) is 16.8.